The summed E-state index contributed by atoms with van der Waals surface area (Å²) in [5, 5.41) is 13.0. The normalized spacial score (nSPS) is 13.0. The maximum Gasteiger partial charge on any atom is 0.338 e. The minimum Gasteiger partial charge on any atom is -0.452 e. The van der Waals surface area contributed by atoms with Crippen LogP contribution in [0.3, 0.4) is 0 Å². The lowest BCUT2D eigenvalue weighted by Crippen LogP contribution is -2.38. The van der Waals surface area contributed by atoms with Gasteiger partial charge in [0.15, 0.2) is 6.61 Å². The number of hydrogen-bond acceptors (Lipinski definition) is 8. The number of rotatable bonds is 8. The zero-order chi connectivity index (χ0) is 20.5. The molecule has 0 atom stereocenters. The number of carbonyl (C=O) groups is 5. The van der Waals surface area contributed by atoms with Gasteiger partial charge in [-0.1, -0.05) is 11.8 Å². The van der Waals surface area contributed by atoms with Crippen molar-refractivity contribution in [1.29, 1.82) is 5.26 Å². The van der Waals surface area contributed by atoms with E-state index < -0.39 is 24.4 Å². The van der Waals surface area contributed by atoms with Crippen LogP contribution >= 0.6 is 11.8 Å². The summed E-state index contributed by atoms with van der Waals surface area (Å²) in [7, 11) is 0. The SMILES string of the molecule is N#CCC(=O)Nc1ccc(C(=O)OCC(=O)NCCN2C(=O)CSC2=O)cc1. The summed E-state index contributed by atoms with van der Waals surface area (Å²) in [4.78, 5) is 58.8. The number of esters is 1. The standard InChI is InChI=1S/C17H16N4O6S/c18-6-5-13(22)20-12-3-1-11(2-4-12)16(25)27-9-14(23)19-7-8-21-15(24)10-28-17(21)26/h1-4H,5,7-10H2,(H,19,23)(H,20,22). The summed E-state index contributed by atoms with van der Waals surface area (Å²) in [6.07, 6.45) is -0.280. The van der Waals surface area contributed by atoms with Crippen LogP contribution in [0.5, 0.6) is 0 Å². The maximum atomic E-state index is 11.9. The Bertz CT molecular complexity index is 817. The molecule has 0 saturated carbocycles. The third-order valence-corrected chi connectivity index (χ3v) is 4.34. The Kier molecular flexibility index (Phi) is 7.53. The van der Waals surface area contributed by atoms with Crippen molar-refractivity contribution in [3.8, 4) is 6.07 Å². The van der Waals surface area contributed by atoms with Gasteiger partial charge >= 0.3 is 5.97 Å². The quantitative estimate of drug-likeness (QED) is 0.596. The number of nitriles is 1. The number of benzene rings is 1. The van der Waals surface area contributed by atoms with Crippen molar-refractivity contribution in [1.82, 2.24) is 10.2 Å². The van der Waals surface area contributed by atoms with E-state index in [9.17, 15) is 24.0 Å². The van der Waals surface area contributed by atoms with Gasteiger partial charge in [-0.15, -0.1) is 0 Å². The van der Waals surface area contributed by atoms with Gasteiger partial charge in [0, 0.05) is 18.8 Å². The number of anilines is 1. The lowest BCUT2D eigenvalue weighted by molar-refractivity contribution is -0.126. The molecule has 146 valence electrons. The summed E-state index contributed by atoms with van der Waals surface area (Å²) in [5.74, 6) is -1.97. The molecule has 0 aromatic heterocycles. The molecule has 0 bridgehead atoms. The van der Waals surface area contributed by atoms with Gasteiger partial charge in [-0.2, -0.15) is 5.26 Å². The predicted molar refractivity (Wildman–Crippen MR) is 98.2 cm³/mol. The summed E-state index contributed by atoms with van der Waals surface area (Å²) in [6, 6.07) is 7.47. The van der Waals surface area contributed by atoms with Crippen LogP contribution in [0.4, 0.5) is 10.5 Å². The number of thioether (sulfide) groups is 1. The molecule has 0 spiro atoms. The lowest BCUT2D eigenvalue weighted by Gasteiger charge is -2.13. The second kappa shape index (κ2) is 10.1. The highest BCUT2D eigenvalue weighted by Crippen LogP contribution is 2.17. The number of nitrogens with zero attached hydrogens (tertiary/aromatic N) is 2. The molecule has 1 aromatic carbocycles. The average molecular weight is 404 g/mol. The Morgan fingerprint density at radius 3 is 2.50 bits per heavy atom. The summed E-state index contributed by atoms with van der Waals surface area (Å²) in [5.41, 5.74) is 0.593. The molecule has 1 fully saturated rings. The van der Waals surface area contributed by atoms with Gasteiger partial charge < -0.3 is 15.4 Å². The smallest absolute Gasteiger partial charge is 0.338 e. The highest BCUT2D eigenvalue weighted by Gasteiger charge is 2.29. The van der Waals surface area contributed by atoms with E-state index in [-0.39, 0.29) is 42.0 Å². The van der Waals surface area contributed by atoms with Crippen LogP contribution in [0.2, 0.25) is 0 Å². The van der Waals surface area contributed by atoms with Crippen LogP contribution in [0.15, 0.2) is 24.3 Å². The Labute approximate surface area is 164 Å². The van der Waals surface area contributed by atoms with Gasteiger partial charge in [-0.25, -0.2) is 4.79 Å². The minimum absolute atomic E-state index is 0.0589. The van der Waals surface area contributed by atoms with Gasteiger partial charge in [0.1, 0.15) is 6.42 Å². The van der Waals surface area contributed by atoms with Crippen molar-refractivity contribution in [2.24, 2.45) is 0 Å². The molecular formula is C17H16N4O6S. The molecule has 1 aliphatic rings. The molecule has 2 rings (SSSR count). The van der Waals surface area contributed by atoms with E-state index in [2.05, 4.69) is 10.6 Å². The Morgan fingerprint density at radius 2 is 1.89 bits per heavy atom. The van der Waals surface area contributed by atoms with E-state index in [0.29, 0.717) is 5.69 Å². The van der Waals surface area contributed by atoms with E-state index in [0.717, 1.165) is 16.7 Å². The first-order valence-corrected chi connectivity index (χ1v) is 9.07. The zero-order valence-corrected chi connectivity index (χ0v) is 15.4. The summed E-state index contributed by atoms with van der Waals surface area (Å²) < 4.78 is 4.88. The average Bonchev–Trinajstić information content (AvgIpc) is 2.99. The Balaban J connectivity index is 1.71. The Hall–Kier alpha value is -3.39. The van der Waals surface area contributed by atoms with Crippen LogP contribution in [-0.4, -0.2) is 59.3 Å². The molecular weight excluding hydrogens is 388 g/mol. The van der Waals surface area contributed by atoms with Crippen molar-refractivity contribution in [2.75, 3.05) is 30.8 Å². The molecule has 0 aliphatic carbocycles. The third-order valence-electron chi connectivity index (χ3n) is 3.48. The van der Waals surface area contributed by atoms with Gasteiger partial charge in [-0.3, -0.25) is 24.1 Å². The van der Waals surface area contributed by atoms with Crippen LogP contribution in [0.1, 0.15) is 16.8 Å². The number of imide groups is 1. The van der Waals surface area contributed by atoms with E-state index in [1.807, 2.05) is 0 Å². The van der Waals surface area contributed by atoms with Gasteiger partial charge in [-0.05, 0) is 24.3 Å². The highest BCUT2D eigenvalue weighted by atomic mass is 32.2. The zero-order valence-electron chi connectivity index (χ0n) is 14.6. The monoisotopic (exact) mass is 404 g/mol. The molecule has 1 heterocycles. The molecule has 2 N–H and O–H groups in total. The molecule has 0 unspecified atom stereocenters. The van der Waals surface area contributed by atoms with Crippen molar-refractivity contribution in [3.63, 3.8) is 0 Å². The second-order valence-corrected chi connectivity index (χ2v) is 6.41. The molecule has 1 aromatic rings. The highest BCUT2D eigenvalue weighted by molar-refractivity contribution is 8.14. The third kappa shape index (κ3) is 6.10. The molecule has 1 aliphatic heterocycles. The number of nitrogens with one attached hydrogen (secondary N) is 2. The van der Waals surface area contributed by atoms with Crippen LogP contribution in [0, 0.1) is 11.3 Å². The fourth-order valence-electron chi connectivity index (χ4n) is 2.14. The first kappa shape index (κ1) is 20.9. The fourth-order valence-corrected chi connectivity index (χ4v) is 2.89. The van der Waals surface area contributed by atoms with Crippen molar-refractivity contribution in [3.05, 3.63) is 29.8 Å². The van der Waals surface area contributed by atoms with Crippen LogP contribution in [0.25, 0.3) is 0 Å². The van der Waals surface area contributed by atoms with Crippen molar-refractivity contribution in [2.45, 2.75) is 6.42 Å². The van der Waals surface area contributed by atoms with Crippen LogP contribution in [-0.2, 0) is 19.1 Å². The van der Waals surface area contributed by atoms with E-state index >= 15 is 0 Å². The van der Waals surface area contributed by atoms with E-state index in [1.54, 1.807) is 6.07 Å². The number of ether oxygens (including phenoxy) is 1. The minimum atomic E-state index is -0.730. The van der Waals surface area contributed by atoms with Crippen molar-refractivity contribution < 1.29 is 28.7 Å². The number of amides is 4. The molecule has 28 heavy (non-hydrogen) atoms. The molecule has 11 heteroatoms. The van der Waals surface area contributed by atoms with Gasteiger partial charge in [0.2, 0.25) is 11.8 Å². The van der Waals surface area contributed by atoms with Gasteiger partial charge in [0.25, 0.3) is 11.1 Å². The van der Waals surface area contributed by atoms with Crippen molar-refractivity contribution >= 4 is 46.4 Å². The van der Waals surface area contributed by atoms with E-state index in [4.69, 9.17) is 10.00 Å². The van der Waals surface area contributed by atoms with Gasteiger partial charge in [0.05, 0.1) is 17.4 Å². The first-order chi connectivity index (χ1) is 13.4. The molecule has 4 amide bonds. The molecule has 10 nitrogen and oxygen atoms in total. The molecule has 0 radical (unpaired) electrons. The summed E-state index contributed by atoms with van der Waals surface area (Å²) in [6.45, 7) is -0.398. The lowest BCUT2D eigenvalue weighted by atomic mass is 10.2. The summed E-state index contributed by atoms with van der Waals surface area (Å²) >= 11 is 0.909. The second-order valence-electron chi connectivity index (χ2n) is 5.49. The largest absolute Gasteiger partial charge is 0.452 e. The maximum absolute atomic E-state index is 11.9. The van der Waals surface area contributed by atoms with Crippen LogP contribution < -0.4 is 10.6 Å². The topological polar surface area (TPSA) is 146 Å². The van der Waals surface area contributed by atoms with E-state index in [1.165, 1.54) is 24.3 Å². The number of carbonyl (C=O) groups excluding carboxylic acids is 5. The first-order valence-electron chi connectivity index (χ1n) is 8.08. The fraction of sp³-hybridized carbons (Fsp3) is 0.294. The molecule has 1 saturated heterocycles. The number of hydrogen-bond donors (Lipinski definition) is 2. The Morgan fingerprint density at radius 1 is 1.18 bits per heavy atom. The predicted octanol–water partition coefficient (Wildman–Crippen LogP) is 0.507.